The van der Waals surface area contributed by atoms with Crippen LogP contribution in [0.1, 0.15) is 40.9 Å². The number of benzene rings is 2. The lowest BCUT2D eigenvalue weighted by molar-refractivity contribution is 0.0949. The average Bonchev–Trinajstić information content (AvgIpc) is 2.66. The number of nitrogens with one attached hydrogen (secondary N) is 2. The summed E-state index contributed by atoms with van der Waals surface area (Å²) < 4.78 is 0. The lowest BCUT2D eigenvalue weighted by Crippen LogP contribution is -2.38. The van der Waals surface area contributed by atoms with E-state index >= 15 is 0 Å². The quantitative estimate of drug-likeness (QED) is 0.851. The molecular weight excluding hydrogens is 310 g/mol. The lowest BCUT2D eigenvalue weighted by atomic mass is 9.94. The Morgan fingerprint density at radius 2 is 1.96 bits per heavy atom. The van der Waals surface area contributed by atoms with Gasteiger partial charge in [0.15, 0.2) is 0 Å². The first-order valence-corrected chi connectivity index (χ1v) is 9.09. The normalized spacial score (nSPS) is 16.2. The minimum absolute atomic E-state index is 0.0189. The van der Waals surface area contributed by atoms with E-state index < -0.39 is 0 Å². The molecule has 0 aliphatic carbocycles. The van der Waals surface area contributed by atoms with Crippen LogP contribution in [0.4, 0.5) is 5.69 Å². The van der Waals surface area contributed by atoms with Gasteiger partial charge in [-0.2, -0.15) is 0 Å². The SMILES string of the molecule is CCCN(C)c1ccc(C(=O)NCC2NCCc3ccccc32)cc1. The molecule has 132 valence electrons. The molecule has 0 spiro atoms. The van der Waals surface area contributed by atoms with Crippen LogP contribution >= 0.6 is 0 Å². The molecule has 0 fully saturated rings. The third-order valence-electron chi connectivity index (χ3n) is 4.81. The van der Waals surface area contributed by atoms with Crippen LogP contribution in [-0.4, -0.2) is 32.6 Å². The Balaban J connectivity index is 1.60. The summed E-state index contributed by atoms with van der Waals surface area (Å²) in [6, 6.07) is 16.5. The topological polar surface area (TPSA) is 44.4 Å². The number of hydrogen-bond donors (Lipinski definition) is 2. The number of hydrogen-bond acceptors (Lipinski definition) is 3. The molecule has 1 amide bonds. The molecule has 0 bridgehead atoms. The Morgan fingerprint density at radius 1 is 1.20 bits per heavy atom. The Bertz CT molecular complexity index is 711. The van der Waals surface area contributed by atoms with E-state index in [-0.39, 0.29) is 11.9 Å². The van der Waals surface area contributed by atoms with E-state index in [1.807, 2.05) is 24.3 Å². The first kappa shape index (κ1) is 17.5. The smallest absolute Gasteiger partial charge is 0.251 e. The minimum Gasteiger partial charge on any atom is -0.375 e. The standard InChI is InChI=1S/C21H27N3O/c1-3-14-24(2)18-10-8-17(9-11-18)21(25)23-15-20-19-7-5-4-6-16(19)12-13-22-20/h4-11,20,22H,3,12-15H2,1-2H3,(H,23,25). The van der Waals surface area contributed by atoms with Gasteiger partial charge in [-0.1, -0.05) is 31.2 Å². The molecule has 0 saturated carbocycles. The second kappa shape index (κ2) is 8.17. The summed E-state index contributed by atoms with van der Waals surface area (Å²) in [5.74, 6) is -0.0189. The third kappa shape index (κ3) is 4.20. The predicted molar refractivity (Wildman–Crippen MR) is 103 cm³/mol. The molecule has 2 aromatic carbocycles. The fourth-order valence-electron chi connectivity index (χ4n) is 3.40. The molecule has 1 heterocycles. The first-order chi connectivity index (χ1) is 12.2. The minimum atomic E-state index is -0.0189. The van der Waals surface area contributed by atoms with Gasteiger partial charge < -0.3 is 15.5 Å². The molecule has 25 heavy (non-hydrogen) atoms. The highest BCUT2D eigenvalue weighted by atomic mass is 16.1. The summed E-state index contributed by atoms with van der Waals surface area (Å²) in [5.41, 5.74) is 4.52. The van der Waals surface area contributed by atoms with E-state index in [0.717, 1.165) is 31.6 Å². The number of amides is 1. The van der Waals surface area contributed by atoms with Crippen molar-refractivity contribution in [1.29, 1.82) is 0 Å². The Hall–Kier alpha value is -2.33. The van der Waals surface area contributed by atoms with E-state index in [4.69, 9.17) is 0 Å². The molecule has 1 unspecified atom stereocenters. The van der Waals surface area contributed by atoms with Crippen LogP contribution in [0.25, 0.3) is 0 Å². The van der Waals surface area contributed by atoms with E-state index in [9.17, 15) is 4.79 Å². The van der Waals surface area contributed by atoms with Gasteiger partial charge in [0.25, 0.3) is 5.91 Å². The Morgan fingerprint density at radius 3 is 2.72 bits per heavy atom. The van der Waals surface area contributed by atoms with Crippen molar-refractivity contribution in [2.75, 3.05) is 31.6 Å². The summed E-state index contributed by atoms with van der Waals surface area (Å²) in [7, 11) is 2.07. The first-order valence-electron chi connectivity index (χ1n) is 9.09. The fraction of sp³-hybridized carbons (Fsp3) is 0.381. The number of fused-ring (bicyclic) bond motifs is 1. The summed E-state index contributed by atoms with van der Waals surface area (Å²) in [6.07, 6.45) is 2.15. The zero-order valence-electron chi connectivity index (χ0n) is 15.1. The van der Waals surface area contributed by atoms with Crippen molar-refractivity contribution in [2.24, 2.45) is 0 Å². The number of carbonyl (C=O) groups excluding carboxylic acids is 1. The van der Waals surface area contributed by atoms with E-state index in [2.05, 4.69) is 53.8 Å². The monoisotopic (exact) mass is 337 g/mol. The van der Waals surface area contributed by atoms with Gasteiger partial charge in [0, 0.05) is 37.4 Å². The van der Waals surface area contributed by atoms with Crippen LogP contribution < -0.4 is 15.5 Å². The molecule has 1 atom stereocenters. The molecule has 0 aromatic heterocycles. The number of nitrogens with zero attached hydrogens (tertiary/aromatic N) is 1. The van der Waals surface area contributed by atoms with Gasteiger partial charge in [-0.3, -0.25) is 4.79 Å². The Kier molecular flexibility index (Phi) is 5.71. The fourth-order valence-corrected chi connectivity index (χ4v) is 3.40. The number of anilines is 1. The third-order valence-corrected chi connectivity index (χ3v) is 4.81. The zero-order chi connectivity index (χ0) is 17.6. The van der Waals surface area contributed by atoms with Gasteiger partial charge in [0.2, 0.25) is 0 Å². The summed E-state index contributed by atoms with van der Waals surface area (Å²) in [5, 5.41) is 6.57. The molecule has 2 N–H and O–H groups in total. The highest BCUT2D eigenvalue weighted by Gasteiger charge is 2.19. The summed E-state index contributed by atoms with van der Waals surface area (Å²) >= 11 is 0. The van der Waals surface area contributed by atoms with Crippen LogP contribution in [0.2, 0.25) is 0 Å². The van der Waals surface area contributed by atoms with Crippen LogP contribution in [0.5, 0.6) is 0 Å². The number of rotatable bonds is 6. The highest BCUT2D eigenvalue weighted by molar-refractivity contribution is 5.94. The van der Waals surface area contributed by atoms with Crippen LogP contribution in [0, 0.1) is 0 Å². The van der Waals surface area contributed by atoms with Crippen molar-refractivity contribution in [2.45, 2.75) is 25.8 Å². The maximum atomic E-state index is 12.5. The van der Waals surface area contributed by atoms with Crippen LogP contribution in [-0.2, 0) is 6.42 Å². The molecule has 4 nitrogen and oxygen atoms in total. The highest BCUT2D eigenvalue weighted by Crippen LogP contribution is 2.22. The molecule has 0 saturated heterocycles. The van der Waals surface area contributed by atoms with Gasteiger partial charge >= 0.3 is 0 Å². The van der Waals surface area contributed by atoms with Gasteiger partial charge in [0.1, 0.15) is 0 Å². The van der Waals surface area contributed by atoms with Gasteiger partial charge in [-0.15, -0.1) is 0 Å². The molecular formula is C21H27N3O. The van der Waals surface area contributed by atoms with E-state index in [0.29, 0.717) is 12.1 Å². The van der Waals surface area contributed by atoms with Crippen molar-refractivity contribution in [1.82, 2.24) is 10.6 Å². The van der Waals surface area contributed by atoms with Crippen LogP contribution in [0.3, 0.4) is 0 Å². The maximum absolute atomic E-state index is 12.5. The summed E-state index contributed by atoms with van der Waals surface area (Å²) in [4.78, 5) is 14.7. The second-order valence-corrected chi connectivity index (χ2v) is 6.63. The van der Waals surface area contributed by atoms with E-state index in [1.165, 1.54) is 11.1 Å². The molecule has 0 radical (unpaired) electrons. The van der Waals surface area contributed by atoms with Crippen LogP contribution in [0.15, 0.2) is 48.5 Å². The van der Waals surface area contributed by atoms with Crippen molar-refractivity contribution in [3.8, 4) is 0 Å². The van der Waals surface area contributed by atoms with Crippen molar-refractivity contribution >= 4 is 11.6 Å². The maximum Gasteiger partial charge on any atom is 0.251 e. The molecule has 4 heteroatoms. The van der Waals surface area contributed by atoms with Gasteiger partial charge in [0.05, 0.1) is 0 Å². The van der Waals surface area contributed by atoms with Crippen molar-refractivity contribution < 1.29 is 4.79 Å². The van der Waals surface area contributed by atoms with Gasteiger partial charge in [-0.05, 0) is 54.8 Å². The average molecular weight is 337 g/mol. The predicted octanol–water partition coefficient (Wildman–Crippen LogP) is 3.15. The Labute approximate surface area is 150 Å². The largest absolute Gasteiger partial charge is 0.375 e. The lowest BCUT2D eigenvalue weighted by Gasteiger charge is -2.27. The molecule has 1 aliphatic heterocycles. The zero-order valence-corrected chi connectivity index (χ0v) is 15.1. The molecule has 3 rings (SSSR count). The number of carbonyl (C=O) groups is 1. The van der Waals surface area contributed by atoms with Crippen molar-refractivity contribution in [3.05, 3.63) is 65.2 Å². The van der Waals surface area contributed by atoms with Gasteiger partial charge in [-0.25, -0.2) is 0 Å². The van der Waals surface area contributed by atoms with Crippen molar-refractivity contribution in [3.63, 3.8) is 0 Å². The summed E-state index contributed by atoms with van der Waals surface area (Å²) in [6.45, 7) is 4.73. The van der Waals surface area contributed by atoms with E-state index in [1.54, 1.807) is 0 Å². The second-order valence-electron chi connectivity index (χ2n) is 6.63. The molecule has 1 aliphatic rings. The molecule has 2 aromatic rings.